The van der Waals surface area contributed by atoms with Crippen LogP contribution in [0.4, 0.5) is 5.82 Å². The monoisotopic (exact) mass is 222 g/mol. The molecule has 0 saturated carbocycles. The summed E-state index contributed by atoms with van der Waals surface area (Å²) < 4.78 is 0. The Bertz CT molecular complexity index is 356. The SMILES string of the molecule is Cc1cc(B(O)O)cnc1N(C)CC(C)C. The molecule has 0 aliphatic heterocycles. The molecule has 0 atom stereocenters. The van der Waals surface area contributed by atoms with Crippen LogP contribution in [0.1, 0.15) is 19.4 Å². The van der Waals surface area contributed by atoms with Crippen molar-refractivity contribution in [2.45, 2.75) is 20.8 Å². The lowest BCUT2D eigenvalue weighted by molar-refractivity contribution is 0.425. The van der Waals surface area contributed by atoms with E-state index in [0.29, 0.717) is 11.4 Å². The maximum atomic E-state index is 9.03. The maximum absolute atomic E-state index is 9.03. The summed E-state index contributed by atoms with van der Waals surface area (Å²) in [5, 5.41) is 18.1. The van der Waals surface area contributed by atoms with E-state index in [1.54, 1.807) is 6.07 Å². The fraction of sp³-hybridized carbons (Fsp3) is 0.545. The Morgan fingerprint density at radius 2 is 2.06 bits per heavy atom. The van der Waals surface area contributed by atoms with Gasteiger partial charge in [0.1, 0.15) is 5.82 Å². The second-order valence-electron chi connectivity index (χ2n) is 4.56. The molecule has 0 fully saturated rings. The van der Waals surface area contributed by atoms with Crippen molar-refractivity contribution in [3.05, 3.63) is 17.8 Å². The summed E-state index contributed by atoms with van der Waals surface area (Å²) >= 11 is 0. The molecule has 0 amide bonds. The van der Waals surface area contributed by atoms with Crippen LogP contribution in [0.15, 0.2) is 12.3 Å². The van der Waals surface area contributed by atoms with Crippen LogP contribution in [0.2, 0.25) is 0 Å². The average Bonchev–Trinajstić information content (AvgIpc) is 2.15. The van der Waals surface area contributed by atoms with Crippen LogP contribution >= 0.6 is 0 Å². The fourth-order valence-corrected chi connectivity index (χ4v) is 1.76. The van der Waals surface area contributed by atoms with E-state index < -0.39 is 7.12 Å². The van der Waals surface area contributed by atoms with Crippen LogP contribution in [0.3, 0.4) is 0 Å². The van der Waals surface area contributed by atoms with Gasteiger partial charge in [0.05, 0.1) is 0 Å². The van der Waals surface area contributed by atoms with E-state index in [4.69, 9.17) is 10.0 Å². The molecule has 0 spiro atoms. The first-order valence-electron chi connectivity index (χ1n) is 5.45. The molecule has 0 saturated heterocycles. The first-order chi connectivity index (χ1) is 7.41. The minimum Gasteiger partial charge on any atom is -0.423 e. The molecule has 1 heterocycles. The van der Waals surface area contributed by atoms with Gasteiger partial charge in [0.2, 0.25) is 0 Å². The van der Waals surface area contributed by atoms with Crippen molar-refractivity contribution >= 4 is 18.4 Å². The predicted octanol–water partition coefficient (Wildman–Crippen LogP) is 0.162. The van der Waals surface area contributed by atoms with Gasteiger partial charge >= 0.3 is 7.12 Å². The van der Waals surface area contributed by atoms with Crippen molar-refractivity contribution in [2.75, 3.05) is 18.5 Å². The number of rotatable bonds is 4. The standard InChI is InChI=1S/C11H19BN2O2/c1-8(2)7-14(4)11-9(3)5-10(6-13-11)12(15)16/h5-6,8,15-16H,7H2,1-4H3. The molecule has 0 radical (unpaired) electrons. The van der Waals surface area contributed by atoms with Gasteiger partial charge in [-0.2, -0.15) is 0 Å². The van der Waals surface area contributed by atoms with E-state index in [9.17, 15) is 0 Å². The van der Waals surface area contributed by atoms with Gasteiger partial charge in [-0.1, -0.05) is 19.9 Å². The first-order valence-corrected chi connectivity index (χ1v) is 5.45. The Hall–Kier alpha value is -1.07. The van der Waals surface area contributed by atoms with Gasteiger partial charge in [0, 0.05) is 25.3 Å². The van der Waals surface area contributed by atoms with Gasteiger partial charge in [-0.15, -0.1) is 0 Å². The van der Waals surface area contributed by atoms with E-state index in [1.165, 1.54) is 6.20 Å². The number of anilines is 1. The van der Waals surface area contributed by atoms with Crippen molar-refractivity contribution in [3.8, 4) is 0 Å². The van der Waals surface area contributed by atoms with Crippen LogP contribution in [0, 0.1) is 12.8 Å². The zero-order valence-electron chi connectivity index (χ0n) is 10.3. The fourth-order valence-electron chi connectivity index (χ4n) is 1.76. The molecule has 0 aliphatic carbocycles. The van der Waals surface area contributed by atoms with Crippen LogP contribution < -0.4 is 10.4 Å². The van der Waals surface area contributed by atoms with Gasteiger partial charge in [0.15, 0.2) is 0 Å². The van der Waals surface area contributed by atoms with Crippen molar-refractivity contribution in [1.29, 1.82) is 0 Å². The summed E-state index contributed by atoms with van der Waals surface area (Å²) in [6.45, 7) is 7.15. The molecule has 0 aromatic carbocycles. The number of hydrogen-bond donors (Lipinski definition) is 2. The highest BCUT2D eigenvalue weighted by Crippen LogP contribution is 2.14. The molecule has 1 aromatic rings. The minimum absolute atomic E-state index is 0.430. The average molecular weight is 222 g/mol. The third-order valence-electron chi connectivity index (χ3n) is 2.37. The lowest BCUT2D eigenvalue weighted by Crippen LogP contribution is -2.32. The third-order valence-corrected chi connectivity index (χ3v) is 2.37. The molecular weight excluding hydrogens is 203 g/mol. The molecular formula is C11H19BN2O2. The number of hydrogen-bond acceptors (Lipinski definition) is 4. The molecule has 0 bridgehead atoms. The van der Waals surface area contributed by atoms with E-state index in [1.807, 2.05) is 14.0 Å². The summed E-state index contributed by atoms with van der Waals surface area (Å²) in [7, 11) is 0.542. The molecule has 1 aromatic heterocycles. The molecule has 5 heteroatoms. The lowest BCUT2D eigenvalue weighted by Gasteiger charge is -2.22. The molecule has 2 N–H and O–H groups in total. The van der Waals surface area contributed by atoms with Gasteiger partial charge in [0.25, 0.3) is 0 Å². The van der Waals surface area contributed by atoms with Gasteiger partial charge < -0.3 is 14.9 Å². The van der Waals surface area contributed by atoms with Crippen molar-refractivity contribution in [2.24, 2.45) is 5.92 Å². The highest BCUT2D eigenvalue weighted by atomic mass is 16.4. The second-order valence-corrected chi connectivity index (χ2v) is 4.56. The topological polar surface area (TPSA) is 56.6 Å². The second kappa shape index (κ2) is 5.32. The number of nitrogens with zero attached hydrogens (tertiary/aromatic N) is 2. The highest BCUT2D eigenvalue weighted by molar-refractivity contribution is 6.58. The Balaban J connectivity index is 2.90. The minimum atomic E-state index is -1.45. The summed E-state index contributed by atoms with van der Waals surface area (Å²) in [6, 6.07) is 1.75. The zero-order chi connectivity index (χ0) is 12.3. The van der Waals surface area contributed by atoms with Gasteiger partial charge in [-0.25, -0.2) is 4.98 Å². The summed E-state index contributed by atoms with van der Waals surface area (Å²) in [5.41, 5.74) is 1.38. The molecule has 16 heavy (non-hydrogen) atoms. The zero-order valence-corrected chi connectivity index (χ0v) is 10.3. The number of pyridine rings is 1. The number of aryl methyl sites for hydroxylation is 1. The molecule has 4 nitrogen and oxygen atoms in total. The lowest BCUT2D eigenvalue weighted by atomic mass is 9.81. The molecule has 0 aliphatic rings. The largest absolute Gasteiger partial charge is 0.490 e. The quantitative estimate of drug-likeness (QED) is 0.712. The van der Waals surface area contributed by atoms with Crippen LogP contribution in [0.25, 0.3) is 0 Å². The van der Waals surface area contributed by atoms with Crippen molar-refractivity contribution in [1.82, 2.24) is 4.98 Å². The van der Waals surface area contributed by atoms with Gasteiger partial charge in [-0.3, -0.25) is 0 Å². The van der Waals surface area contributed by atoms with E-state index >= 15 is 0 Å². The summed E-state index contributed by atoms with van der Waals surface area (Å²) in [4.78, 5) is 6.34. The van der Waals surface area contributed by atoms with Crippen molar-refractivity contribution < 1.29 is 10.0 Å². The predicted molar refractivity (Wildman–Crippen MR) is 66.9 cm³/mol. The van der Waals surface area contributed by atoms with Crippen LogP contribution in [0.5, 0.6) is 0 Å². The third kappa shape index (κ3) is 3.22. The Labute approximate surface area is 97.1 Å². The summed E-state index contributed by atoms with van der Waals surface area (Å²) in [5.74, 6) is 1.45. The number of aromatic nitrogens is 1. The molecule has 1 rings (SSSR count). The molecule has 88 valence electrons. The smallest absolute Gasteiger partial charge is 0.423 e. The van der Waals surface area contributed by atoms with E-state index in [-0.39, 0.29) is 0 Å². The normalized spacial score (nSPS) is 10.7. The van der Waals surface area contributed by atoms with E-state index in [0.717, 1.165) is 17.9 Å². The van der Waals surface area contributed by atoms with Gasteiger partial charge in [-0.05, 0) is 18.4 Å². The summed E-state index contributed by atoms with van der Waals surface area (Å²) in [6.07, 6.45) is 1.50. The van der Waals surface area contributed by atoms with E-state index in [2.05, 4.69) is 23.7 Å². The van der Waals surface area contributed by atoms with Crippen LogP contribution in [-0.2, 0) is 0 Å². The Kier molecular flexibility index (Phi) is 4.32. The molecule has 0 unspecified atom stereocenters. The Morgan fingerprint density at radius 3 is 2.50 bits per heavy atom. The Morgan fingerprint density at radius 1 is 1.44 bits per heavy atom. The first kappa shape index (κ1) is 13.0. The van der Waals surface area contributed by atoms with Crippen molar-refractivity contribution in [3.63, 3.8) is 0 Å². The maximum Gasteiger partial charge on any atom is 0.490 e. The highest BCUT2D eigenvalue weighted by Gasteiger charge is 2.14. The van der Waals surface area contributed by atoms with Crippen LogP contribution in [-0.4, -0.2) is 35.7 Å².